The van der Waals surface area contributed by atoms with Gasteiger partial charge in [-0.15, -0.1) is 5.10 Å². The zero-order valence-electron chi connectivity index (χ0n) is 12.2. The first-order valence-electron chi connectivity index (χ1n) is 7.38. The highest BCUT2D eigenvalue weighted by Gasteiger charge is 2.12. The van der Waals surface area contributed by atoms with Crippen LogP contribution in [-0.2, 0) is 11.3 Å². The van der Waals surface area contributed by atoms with Gasteiger partial charge in [0.2, 0.25) is 0 Å². The predicted octanol–water partition coefficient (Wildman–Crippen LogP) is 0.972. The molecule has 1 aromatic carbocycles. The van der Waals surface area contributed by atoms with Gasteiger partial charge in [0, 0.05) is 25.8 Å². The summed E-state index contributed by atoms with van der Waals surface area (Å²) in [7, 11) is 0. The van der Waals surface area contributed by atoms with Gasteiger partial charge in [0.05, 0.1) is 24.2 Å². The van der Waals surface area contributed by atoms with Gasteiger partial charge in [0.15, 0.2) is 5.82 Å². The fourth-order valence-corrected chi connectivity index (χ4v) is 2.76. The van der Waals surface area contributed by atoms with Crippen LogP contribution in [0, 0.1) is 0 Å². The molecular weight excluding hydrogens is 280 g/mol. The SMILES string of the molecule is Nn1ccc(-c2nc3ccc(CN4CCOCC4)cc3[nH]2)n1. The van der Waals surface area contributed by atoms with E-state index in [9.17, 15) is 0 Å². The van der Waals surface area contributed by atoms with Crippen LogP contribution in [0.4, 0.5) is 0 Å². The molecule has 0 aliphatic carbocycles. The smallest absolute Gasteiger partial charge is 0.159 e. The first-order valence-corrected chi connectivity index (χ1v) is 7.38. The van der Waals surface area contributed by atoms with Crippen LogP contribution in [0.3, 0.4) is 0 Å². The normalized spacial score (nSPS) is 16.4. The molecule has 1 fully saturated rings. The number of H-pyrrole nitrogens is 1. The van der Waals surface area contributed by atoms with Crippen LogP contribution in [0.1, 0.15) is 5.56 Å². The van der Waals surface area contributed by atoms with Crippen molar-refractivity contribution in [3.05, 3.63) is 36.0 Å². The maximum absolute atomic E-state index is 5.59. The average Bonchev–Trinajstić information content (AvgIpc) is 3.14. The molecular formula is C15H18N6O. The molecule has 0 spiro atoms. The Labute approximate surface area is 127 Å². The highest BCUT2D eigenvalue weighted by atomic mass is 16.5. The second kappa shape index (κ2) is 5.43. The van der Waals surface area contributed by atoms with Crippen LogP contribution in [0.15, 0.2) is 30.5 Å². The van der Waals surface area contributed by atoms with Crippen LogP contribution < -0.4 is 5.84 Å². The molecule has 114 valence electrons. The predicted molar refractivity (Wildman–Crippen MR) is 83.6 cm³/mol. The summed E-state index contributed by atoms with van der Waals surface area (Å²) < 4.78 is 5.38. The number of morpholine rings is 1. The zero-order chi connectivity index (χ0) is 14.9. The van der Waals surface area contributed by atoms with Gasteiger partial charge in [0.25, 0.3) is 0 Å². The minimum Gasteiger partial charge on any atom is -0.379 e. The summed E-state index contributed by atoms with van der Waals surface area (Å²) in [5.74, 6) is 6.33. The third-order valence-electron chi connectivity index (χ3n) is 3.91. The van der Waals surface area contributed by atoms with Gasteiger partial charge in [0.1, 0.15) is 5.69 Å². The summed E-state index contributed by atoms with van der Waals surface area (Å²) in [6.45, 7) is 4.54. The lowest BCUT2D eigenvalue weighted by atomic mass is 10.2. The van der Waals surface area contributed by atoms with Crippen molar-refractivity contribution in [1.29, 1.82) is 0 Å². The van der Waals surface area contributed by atoms with Crippen molar-refractivity contribution < 1.29 is 4.74 Å². The maximum Gasteiger partial charge on any atom is 0.159 e. The first-order chi connectivity index (χ1) is 10.8. The van der Waals surface area contributed by atoms with Gasteiger partial charge in [-0.05, 0) is 23.8 Å². The number of nitrogens with one attached hydrogen (secondary N) is 1. The van der Waals surface area contributed by atoms with Crippen molar-refractivity contribution in [2.45, 2.75) is 6.54 Å². The first kappa shape index (κ1) is 13.3. The molecule has 1 saturated heterocycles. The molecule has 4 rings (SSSR count). The van der Waals surface area contributed by atoms with Crippen molar-refractivity contribution >= 4 is 11.0 Å². The second-order valence-electron chi connectivity index (χ2n) is 5.51. The number of nitrogen functional groups attached to an aromatic ring is 1. The summed E-state index contributed by atoms with van der Waals surface area (Å²) in [4.78, 5) is 11.6. The minimum absolute atomic E-state index is 0.739. The topological polar surface area (TPSA) is 85.0 Å². The van der Waals surface area contributed by atoms with Crippen molar-refractivity contribution in [1.82, 2.24) is 24.8 Å². The fourth-order valence-electron chi connectivity index (χ4n) is 2.76. The quantitative estimate of drug-likeness (QED) is 0.704. The Morgan fingerprint density at radius 2 is 2.09 bits per heavy atom. The Kier molecular flexibility index (Phi) is 3.28. The summed E-state index contributed by atoms with van der Waals surface area (Å²) in [5, 5.41) is 4.17. The van der Waals surface area contributed by atoms with Crippen LogP contribution in [0.25, 0.3) is 22.6 Å². The van der Waals surface area contributed by atoms with Crippen molar-refractivity contribution in [2.24, 2.45) is 0 Å². The van der Waals surface area contributed by atoms with Gasteiger partial charge in [-0.2, -0.15) is 4.79 Å². The zero-order valence-corrected chi connectivity index (χ0v) is 12.2. The van der Waals surface area contributed by atoms with E-state index in [0.717, 1.165) is 55.4 Å². The monoisotopic (exact) mass is 298 g/mol. The number of hydrogen-bond donors (Lipinski definition) is 2. The largest absolute Gasteiger partial charge is 0.379 e. The lowest BCUT2D eigenvalue weighted by Gasteiger charge is -2.26. The van der Waals surface area contributed by atoms with E-state index in [1.54, 1.807) is 6.20 Å². The van der Waals surface area contributed by atoms with Crippen LogP contribution in [0.2, 0.25) is 0 Å². The van der Waals surface area contributed by atoms with Crippen LogP contribution >= 0.6 is 0 Å². The molecule has 0 radical (unpaired) electrons. The number of ether oxygens (including phenoxy) is 1. The number of nitrogens with zero attached hydrogens (tertiary/aromatic N) is 4. The van der Waals surface area contributed by atoms with Crippen molar-refractivity contribution in [2.75, 3.05) is 32.1 Å². The molecule has 3 heterocycles. The maximum atomic E-state index is 5.59. The van der Waals surface area contributed by atoms with Crippen LogP contribution in [-0.4, -0.2) is 51.1 Å². The Balaban J connectivity index is 1.60. The van der Waals surface area contributed by atoms with Gasteiger partial charge >= 0.3 is 0 Å². The Morgan fingerprint density at radius 3 is 2.86 bits per heavy atom. The molecule has 0 atom stereocenters. The van der Waals surface area contributed by atoms with E-state index in [2.05, 4.69) is 32.1 Å². The van der Waals surface area contributed by atoms with Crippen LogP contribution in [0.5, 0.6) is 0 Å². The Hall–Kier alpha value is -2.38. The lowest BCUT2D eigenvalue weighted by Crippen LogP contribution is -2.35. The molecule has 0 saturated carbocycles. The molecule has 2 aromatic heterocycles. The fraction of sp³-hybridized carbons (Fsp3) is 0.333. The Morgan fingerprint density at radius 1 is 1.23 bits per heavy atom. The van der Waals surface area contributed by atoms with Crippen molar-refractivity contribution in [3.63, 3.8) is 0 Å². The number of fused-ring (bicyclic) bond motifs is 1. The highest BCUT2D eigenvalue weighted by molar-refractivity contribution is 5.79. The minimum atomic E-state index is 0.739. The standard InChI is InChI=1S/C15H18N6O/c16-21-4-3-13(19-21)15-17-12-2-1-11(9-14(12)18-15)10-20-5-7-22-8-6-20/h1-4,9H,5-8,10,16H2,(H,17,18). The molecule has 3 aromatic rings. The number of rotatable bonds is 3. The van der Waals surface area contributed by atoms with E-state index >= 15 is 0 Å². The van der Waals surface area contributed by atoms with E-state index in [0.29, 0.717) is 0 Å². The van der Waals surface area contributed by atoms with E-state index < -0.39 is 0 Å². The summed E-state index contributed by atoms with van der Waals surface area (Å²) in [6, 6.07) is 8.17. The number of aromatic amines is 1. The molecule has 7 nitrogen and oxygen atoms in total. The van der Waals surface area contributed by atoms with Gasteiger partial charge < -0.3 is 15.6 Å². The number of aromatic nitrogens is 4. The van der Waals surface area contributed by atoms with Crippen molar-refractivity contribution in [3.8, 4) is 11.5 Å². The Bertz CT molecular complexity index is 786. The molecule has 7 heteroatoms. The van der Waals surface area contributed by atoms with Gasteiger partial charge in [-0.1, -0.05) is 6.07 Å². The molecule has 0 unspecified atom stereocenters. The number of imidazole rings is 1. The average molecular weight is 298 g/mol. The molecule has 0 amide bonds. The van der Waals surface area contributed by atoms with Gasteiger partial charge in [-0.25, -0.2) is 4.98 Å². The molecule has 1 aliphatic rings. The molecule has 3 N–H and O–H groups in total. The lowest BCUT2D eigenvalue weighted by molar-refractivity contribution is 0.0342. The number of hydrogen-bond acceptors (Lipinski definition) is 5. The molecule has 22 heavy (non-hydrogen) atoms. The summed E-state index contributed by atoms with van der Waals surface area (Å²) in [5.41, 5.74) is 3.97. The third kappa shape index (κ3) is 2.56. The second-order valence-corrected chi connectivity index (χ2v) is 5.51. The van der Waals surface area contributed by atoms with E-state index in [-0.39, 0.29) is 0 Å². The van der Waals surface area contributed by atoms with Gasteiger partial charge in [-0.3, -0.25) is 4.90 Å². The highest BCUT2D eigenvalue weighted by Crippen LogP contribution is 2.20. The van der Waals surface area contributed by atoms with E-state index in [4.69, 9.17) is 10.6 Å². The molecule has 0 bridgehead atoms. The van der Waals surface area contributed by atoms with E-state index in [1.807, 2.05) is 12.1 Å². The summed E-state index contributed by atoms with van der Waals surface area (Å²) in [6.07, 6.45) is 1.70. The number of benzene rings is 1. The third-order valence-corrected chi connectivity index (χ3v) is 3.91. The number of nitrogens with two attached hydrogens (primary N) is 1. The van der Waals surface area contributed by atoms with E-state index in [1.165, 1.54) is 10.4 Å². The summed E-state index contributed by atoms with van der Waals surface area (Å²) >= 11 is 0. The molecule has 1 aliphatic heterocycles.